The number of carbonyl (C=O) groups is 1. The zero-order chi connectivity index (χ0) is 22.7. The van der Waals surface area contributed by atoms with E-state index in [1.807, 2.05) is 18.2 Å². The monoisotopic (exact) mass is 431 g/mol. The molecule has 0 radical (unpaired) electrons. The first-order valence-corrected chi connectivity index (χ1v) is 10.4. The Hall–Kier alpha value is -3.71. The molecule has 4 rings (SSSR count). The van der Waals surface area contributed by atoms with Crippen LogP contribution in [0.3, 0.4) is 0 Å². The van der Waals surface area contributed by atoms with Gasteiger partial charge in [0.2, 0.25) is 0 Å². The Kier molecular flexibility index (Phi) is 6.18. The highest BCUT2D eigenvalue weighted by molar-refractivity contribution is 5.93. The van der Waals surface area contributed by atoms with E-state index in [-0.39, 0.29) is 24.0 Å². The largest absolute Gasteiger partial charge is 0.482 e. The number of benzene rings is 3. The van der Waals surface area contributed by atoms with Gasteiger partial charge in [-0.3, -0.25) is 19.8 Å². The first-order chi connectivity index (χ1) is 15.4. The summed E-state index contributed by atoms with van der Waals surface area (Å²) in [6, 6.07) is 20.5. The molecule has 32 heavy (non-hydrogen) atoms. The summed E-state index contributed by atoms with van der Waals surface area (Å²) in [7, 11) is 3.40. The van der Waals surface area contributed by atoms with Crippen molar-refractivity contribution in [3.63, 3.8) is 0 Å². The number of hydrogen-bond acceptors (Lipinski definition) is 5. The molecule has 0 unspecified atom stereocenters. The van der Waals surface area contributed by atoms with Crippen molar-refractivity contribution in [2.45, 2.75) is 26.2 Å². The number of rotatable bonds is 7. The van der Waals surface area contributed by atoms with Gasteiger partial charge in [-0.15, -0.1) is 0 Å². The molecule has 0 atom stereocenters. The van der Waals surface area contributed by atoms with E-state index in [2.05, 4.69) is 17.0 Å². The van der Waals surface area contributed by atoms with Gasteiger partial charge in [0.1, 0.15) is 6.61 Å². The van der Waals surface area contributed by atoms with Crippen LogP contribution in [-0.4, -0.2) is 34.7 Å². The van der Waals surface area contributed by atoms with E-state index in [0.717, 1.165) is 24.2 Å². The summed E-state index contributed by atoms with van der Waals surface area (Å²) in [6.45, 7) is 2.50. The van der Waals surface area contributed by atoms with Crippen LogP contribution in [0, 0.1) is 10.1 Å². The van der Waals surface area contributed by atoms with Gasteiger partial charge in [0.25, 0.3) is 5.91 Å². The lowest BCUT2D eigenvalue weighted by Gasteiger charge is -2.15. The zero-order valence-corrected chi connectivity index (χ0v) is 18.2. The molecule has 0 spiro atoms. The number of nitrogens with zero attached hydrogens (tertiary/aromatic N) is 3. The number of amides is 1. The highest BCUT2D eigenvalue weighted by Crippen LogP contribution is 2.31. The molecule has 1 heterocycles. The smallest absolute Gasteiger partial charge is 0.311 e. The van der Waals surface area contributed by atoms with E-state index < -0.39 is 4.92 Å². The molecule has 7 nitrogen and oxygen atoms in total. The molecule has 1 aliphatic heterocycles. The minimum atomic E-state index is -0.406. The highest BCUT2D eigenvalue weighted by Gasteiger charge is 2.21. The number of fused-ring (bicyclic) bond motifs is 1. The van der Waals surface area contributed by atoms with Crippen LogP contribution in [0.15, 0.2) is 66.7 Å². The first-order valence-electron chi connectivity index (χ1n) is 10.4. The number of ether oxygens (including phenoxy) is 1. The number of nitro benzene ring substituents is 1. The van der Waals surface area contributed by atoms with Crippen LogP contribution in [0.5, 0.6) is 5.75 Å². The summed E-state index contributed by atoms with van der Waals surface area (Å²) in [5.74, 6) is 0.154. The number of carbonyl (C=O) groups excluding carboxylic acids is 1. The van der Waals surface area contributed by atoms with Gasteiger partial charge < -0.3 is 9.64 Å². The van der Waals surface area contributed by atoms with Crippen molar-refractivity contribution in [3.05, 3.63) is 105 Å². The fraction of sp³-hybridized carbons (Fsp3) is 0.240. The molecule has 0 fully saturated rings. The zero-order valence-electron chi connectivity index (χ0n) is 18.2. The average Bonchev–Trinajstić information content (AvgIpc) is 3.20. The van der Waals surface area contributed by atoms with Crippen molar-refractivity contribution in [1.29, 1.82) is 0 Å². The molecule has 0 aromatic heterocycles. The molecule has 0 saturated carbocycles. The van der Waals surface area contributed by atoms with Crippen molar-refractivity contribution in [2.75, 3.05) is 14.1 Å². The van der Waals surface area contributed by atoms with Gasteiger partial charge in [-0.2, -0.15) is 0 Å². The molecule has 1 amide bonds. The maximum Gasteiger partial charge on any atom is 0.311 e. The molecule has 0 aliphatic carbocycles. The van der Waals surface area contributed by atoms with Gasteiger partial charge in [-0.1, -0.05) is 42.5 Å². The molecular formula is C25H25N3O4. The van der Waals surface area contributed by atoms with Crippen molar-refractivity contribution in [2.24, 2.45) is 0 Å². The van der Waals surface area contributed by atoms with Gasteiger partial charge >= 0.3 is 5.69 Å². The van der Waals surface area contributed by atoms with Gasteiger partial charge in [0.05, 0.1) is 4.92 Å². The standard InChI is InChI=1S/C25H25N3O4/c1-26(2)25(29)20-10-7-18(8-11-20)17-32-24-12-9-19(13-23(24)28(30)31)14-27-15-21-5-3-4-6-22(21)16-27/h3-13H,14-17H2,1-2H3. The minimum absolute atomic E-state index is 0.0429. The lowest BCUT2D eigenvalue weighted by Crippen LogP contribution is -2.21. The topological polar surface area (TPSA) is 75.9 Å². The summed E-state index contributed by atoms with van der Waals surface area (Å²) < 4.78 is 5.76. The summed E-state index contributed by atoms with van der Waals surface area (Å²) in [5, 5.41) is 11.7. The van der Waals surface area contributed by atoms with Crippen LogP contribution in [0.4, 0.5) is 5.69 Å². The fourth-order valence-corrected chi connectivity index (χ4v) is 3.86. The Morgan fingerprint density at radius 2 is 1.62 bits per heavy atom. The quantitative estimate of drug-likeness (QED) is 0.410. The molecule has 0 saturated heterocycles. The SMILES string of the molecule is CN(C)C(=O)c1ccc(COc2ccc(CN3Cc4ccccc4C3)cc2[N+](=O)[O-])cc1. The minimum Gasteiger partial charge on any atom is -0.482 e. The van der Waals surface area contributed by atoms with E-state index in [1.54, 1.807) is 50.5 Å². The Morgan fingerprint density at radius 1 is 1.00 bits per heavy atom. The first kappa shape index (κ1) is 21.5. The second-order valence-corrected chi connectivity index (χ2v) is 8.16. The van der Waals surface area contributed by atoms with Crippen molar-refractivity contribution in [1.82, 2.24) is 9.80 Å². The molecular weight excluding hydrogens is 406 g/mol. The molecule has 1 aliphatic rings. The summed E-state index contributed by atoms with van der Waals surface area (Å²) in [4.78, 5) is 27.0. The lowest BCUT2D eigenvalue weighted by molar-refractivity contribution is -0.386. The van der Waals surface area contributed by atoms with E-state index in [4.69, 9.17) is 4.74 Å². The molecule has 3 aromatic rings. The Morgan fingerprint density at radius 3 is 2.22 bits per heavy atom. The Bertz CT molecular complexity index is 1120. The van der Waals surface area contributed by atoms with E-state index >= 15 is 0 Å². The van der Waals surface area contributed by atoms with Crippen LogP contribution < -0.4 is 4.74 Å². The van der Waals surface area contributed by atoms with Crippen molar-refractivity contribution >= 4 is 11.6 Å². The van der Waals surface area contributed by atoms with Crippen molar-refractivity contribution in [3.8, 4) is 5.75 Å². The number of hydrogen-bond donors (Lipinski definition) is 0. The highest BCUT2D eigenvalue weighted by atomic mass is 16.6. The average molecular weight is 431 g/mol. The van der Waals surface area contributed by atoms with E-state index in [0.29, 0.717) is 12.1 Å². The molecule has 0 bridgehead atoms. The van der Waals surface area contributed by atoms with Gasteiger partial charge in [-0.25, -0.2) is 0 Å². The third-order valence-electron chi connectivity index (χ3n) is 5.53. The predicted octanol–water partition coefficient (Wildman–Crippen LogP) is 4.39. The van der Waals surface area contributed by atoms with Crippen LogP contribution in [-0.2, 0) is 26.2 Å². The lowest BCUT2D eigenvalue weighted by atomic mass is 10.1. The molecule has 164 valence electrons. The maximum atomic E-state index is 12.0. The van der Waals surface area contributed by atoms with Gasteiger partial charge in [0.15, 0.2) is 5.75 Å². The Labute approximate surface area is 187 Å². The van der Waals surface area contributed by atoms with Crippen LogP contribution in [0.1, 0.15) is 32.6 Å². The molecule has 3 aromatic carbocycles. The molecule has 0 N–H and O–H groups in total. The second kappa shape index (κ2) is 9.20. The van der Waals surface area contributed by atoms with Crippen molar-refractivity contribution < 1.29 is 14.5 Å². The van der Waals surface area contributed by atoms with Crippen LogP contribution in [0.2, 0.25) is 0 Å². The van der Waals surface area contributed by atoms with Gasteiger partial charge in [-0.05, 0) is 40.5 Å². The summed E-state index contributed by atoms with van der Waals surface area (Å²) >= 11 is 0. The number of nitro groups is 1. The third-order valence-corrected chi connectivity index (χ3v) is 5.53. The fourth-order valence-electron chi connectivity index (χ4n) is 3.86. The molecule has 7 heteroatoms. The van der Waals surface area contributed by atoms with Crippen LogP contribution >= 0.6 is 0 Å². The van der Waals surface area contributed by atoms with E-state index in [9.17, 15) is 14.9 Å². The second-order valence-electron chi connectivity index (χ2n) is 8.16. The Balaban J connectivity index is 1.42. The maximum absolute atomic E-state index is 12.0. The van der Waals surface area contributed by atoms with E-state index in [1.165, 1.54) is 16.0 Å². The predicted molar refractivity (Wildman–Crippen MR) is 121 cm³/mol. The van der Waals surface area contributed by atoms with Gasteiger partial charge in [0, 0.05) is 45.4 Å². The summed E-state index contributed by atoms with van der Waals surface area (Å²) in [6.07, 6.45) is 0. The summed E-state index contributed by atoms with van der Waals surface area (Å²) in [5.41, 5.74) is 4.86. The normalized spacial score (nSPS) is 12.9. The third kappa shape index (κ3) is 4.78. The van der Waals surface area contributed by atoms with Crippen LogP contribution in [0.25, 0.3) is 0 Å².